The normalized spacial score (nSPS) is 12.3. The molecule has 0 atom stereocenters. The summed E-state index contributed by atoms with van der Waals surface area (Å²) in [5, 5.41) is 12.7. The first-order valence-corrected chi connectivity index (χ1v) is 18.6. The fourth-order valence-electron chi connectivity index (χ4n) is 8.31. The standard InChI is InChI=1S/C52H43N/c1-7-51(3,4)37-24-28-39(29-25-37)53(40-30-26-38(27-31-40)52(5,6)8-2)50-45-18-11-9-16-41(45)49(42-17-10-12-19-46(42)50)44-33-23-36-21-20-34-14-13-15-35-22-32-43(44)48(36)47(34)35/h7-33H,1-2H2,3-6H3. The molecule has 0 amide bonds. The Bertz CT molecular complexity index is 2720. The first kappa shape index (κ1) is 32.7. The Morgan fingerprint density at radius 1 is 0.415 bits per heavy atom. The fraction of sp³-hybridized carbons (Fsp3) is 0.115. The molecular weight excluding hydrogens is 639 g/mol. The van der Waals surface area contributed by atoms with Crippen LogP contribution in [-0.2, 0) is 10.8 Å². The molecule has 0 aromatic heterocycles. The molecule has 9 rings (SSSR count). The summed E-state index contributed by atoms with van der Waals surface area (Å²) in [4.78, 5) is 2.45. The molecular formula is C52H43N. The maximum atomic E-state index is 4.12. The molecule has 0 bridgehead atoms. The van der Waals surface area contributed by atoms with Crippen LogP contribution in [0, 0.1) is 0 Å². The van der Waals surface area contributed by atoms with Crippen molar-refractivity contribution in [1.29, 1.82) is 0 Å². The van der Waals surface area contributed by atoms with Crippen LogP contribution in [0.4, 0.5) is 17.1 Å². The minimum Gasteiger partial charge on any atom is -0.309 e. The second-order valence-corrected chi connectivity index (χ2v) is 15.6. The van der Waals surface area contributed by atoms with Gasteiger partial charge in [-0.2, -0.15) is 0 Å². The van der Waals surface area contributed by atoms with Crippen molar-refractivity contribution in [1.82, 2.24) is 0 Å². The first-order valence-electron chi connectivity index (χ1n) is 18.6. The van der Waals surface area contributed by atoms with Gasteiger partial charge in [0.15, 0.2) is 0 Å². The topological polar surface area (TPSA) is 3.24 Å². The molecule has 0 N–H and O–H groups in total. The van der Waals surface area contributed by atoms with Crippen molar-refractivity contribution in [3.8, 4) is 11.1 Å². The summed E-state index contributed by atoms with van der Waals surface area (Å²) in [5.74, 6) is 0. The molecule has 0 aliphatic heterocycles. The Balaban J connectivity index is 1.36. The second kappa shape index (κ2) is 12.2. The minimum absolute atomic E-state index is 0.136. The third kappa shape index (κ3) is 5.14. The van der Waals surface area contributed by atoms with Crippen molar-refractivity contribution in [2.45, 2.75) is 38.5 Å². The van der Waals surface area contributed by atoms with Crippen LogP contribution >= 0.6 is 0 Å². The molecule has 0 aliphatic rings. The number of allylic oxidation sites excluding steroid dienone is 2. The molecule has 53 heavy (non-hydrogen) atoms. The van der Waals surface area contributed by atoms with Gasteiger partial charge in [0, 0.05) is 33.0 Å². The zero-order chi connectivity index (χ0) is 36.5. The molecule has 9 aromatic rings. The van der Waals surface area contributed by atoms with Crippen molar-refractivity contribution in [3.63, 3.8) is 0 Å². The van der Waals surface area contributed by atoms with Crippen LogP contribution in [0.25, 0.3) is 65.0 Å². The van der Waals surface area contributed by atoms with Gasteiger partial charge in [0.1, 0.15) is 0 Å². The molecule has 0 saturated heterocycles. The van der Waals surface area contributed by atoms with Gasteiger partial charge in [0.25, 0.3) is 0 Å². The van der Waals surface area contributed by atoms with E-state index in [-0.39, 0.29) is 10.8 Å². The van der Waals surface area contributed by atoms with Gasteiger partial charge in [-0.3, -0.25) is 0 Å². The number of benzene rings is 9. The van der Waals surface area contributed by atoms with E-state index in [4.69, 9.17) is 0 Å². The van der Waals surface area contributed by atoms with Gasteiger partial charge in [-0.15, -0.1) is 13.2 Å². The smallest absolute Gasteiger partial charge is 0.0618 e. The quantitative estimate of drug-likeness (QED) is 0.0876. The summed E-state index contributed by atoms with van der Waals surface area (Å²) >= 11 is 0. The average Bonchev–Trinajstić information content (AvgIpc) is 3.20. The number of fused-ring (bicyclic) bond motifs is 2. The largest absolute Gasteiger partial charge is 0.309 e. The van der Waals surface area contributed by atoms with E-state index in [0.717, 1.165) is 11.4 Å². The Morgan fingerprint density at radius 3 is 1.34 bits per heavy atom. The van der Waals surface area contributed by atoms with Crippen molar-refractivity contribution in [2.75, 3.05) is 4.90 Å². The van der Waals surface area contributed by atoms with E-state index in [2.05, 4.69) is 197 Å². The molecule has 1 heteroatoms. The van der Waals surface area contributed by atoms with Crippen LogP contribution < -0.4 is 4.90 Å². The summed E-state index contributed by atoms with van der Waals surface area (Å²) in [5.41, 5.74) is 8.11. The van der Waals surface area contributed by atoms with E-state index in [9.17, 15) is 0 Å². The lowest BCUT2D eigenvalue weighted by atomic mass is 9.84. The Hall–Kier alpha value is -6.18. The average molecular weight is 682 g/mol. The summed E-state index contributed by atoms with van der Waals surface area (Å²) in [6.45, 7) is 17.1. The minimum atomic E-state index is -0.136. The summed E-state index contributed by atoms with van der Waals surface area (Å²) in [6, 6.07) is 56.4. The van der Waals surface area contributed by atoms with Gasteiger partial charge >= 0.3 is 0 Å². The number of nitrogens with zero attached hydrogens (tertiary/aromatic N) is 1. The third-order valence-electron chi connectivity index (χ3n) is 11.7. The zero-order valence-electron chi connectivity index (χ0n) is 30.9. The molecule has 0 heterocycles. The lowest BCUT2D eigenvalue weighted by Crippen LogP contribution is -2.16. The maximum Gasteiger partial charge on any atom is 0.0618 e. The van der Waals surface area contributed by atoms with E-state index in [1.807, 2.05) is 12.2 Å². The molecule has 0 saturated carbocycles. The number of rotatable bonds is 8. The van der Waals surface area contributed by atoms with Gasteiger partial charge in [-0.05, 0) is 89.6 Å². The van der Waals surface area contributed by atoms with Crippen LogP contribution in [0.2, 0.25) is 0 Å². The zero-order valence-corrected chi connectivity index (χ0v) is 30.9. The van der Waals surface area contributed by atoms with E-state index < -0.39 is 0 Å². The van der Waals surface area contributed by atoms with E-state index in [0.29, 0.717) is 0 Å². The monoisotopic (exact) mass is 681 g/mol. The van der Waals surface area contributed by atoms with Crippen LogP contribution in [-0.4, -0.2) is 0 Å². The summed E-state index contributed by atoms with van der Waals surface area (Å²) in [6.07, 6.45) is 4.05. The van der Waals surface area contributed by atoms with E-state index >= 15 is 0 Å². The molecule has 0 radical (unpaired) electrons. The highest BCUT2D eigenvalue weighted by Gasteiger charge is 2.25. The molecule has 256 valence electrons. The highest BCUT2D eigenvalue weighted by Crippen LogP contribution is 2.50. The van der Waals surface area contributed by atoms with Gasteiger partial charge in [0.2, 0.25) is 0 Å². The Labute approximate surface area is 312 Å². The fourth-order valence-corrected chi connectivity index (χ4v) is 8.31. The number of anilines is 3. The molecule has 0 aliphatic carbocycles. The van der Waals surface area contributed by atoms with Gasteiger partial charge in [-0.25, -0.2) is 0 Å². The van der Waals surface area contributed by atoms with Gasteiger partial charge in [-0.1, -0.05) is 167 Å². The molecule has 0 spiro atoms. The van der Waals surface area contributed by atoms with Crippen LogP contribution in [0.15, 0.2) is 177 Å². The van der Waals surface area contributed by atoms with Crippen molar-refractivity contribution in [2.24, 2.45) is 0 Å². The van der Waals surface area contributed by atoms with Crippen molar-refractivity contribution >= 4 is 70.9 Å². The van der Waals surface area contributed by atoms with Crippen LogP contribution in [0.5, 0.6) is 0 Å². The molecule has 9 aromatic carbocycles. The summed E-state index contributed by atoms with van der Waals surface area (Å²) in [7, 11) is 0. The lowest BCUT2D eigenvalue weighted by Gasteiger charge is -2.31. The second-order valence-electron chi connectivity index (χ2n) is 15.6. The lowest BCUT2D eigenvalue weighted by molar-refractivity contribution is 0.672. The first-order chi connectivity index (χ1) is 25.7. The predicted molar refractivity (Wildman–Crippen MR) is 232 cm³/mol. The number of hydrogen-bond donors (Lipinski definition) is 0. The predicted octanol–water partition coefficient (Wildman–Crippen LogP) is 15.0. The SMILES string of the molecule is C=CC(C)(C)c1ccc(N(c2ccc(C(C)(C)C=C)cc2)c2c3ccccc3c(-c3ccc4ccc5cccc6ccc3c4c56)c3ccccc23)cc1. The molecule has 0 unspecified atom stereocenters. The van der Waals surface area contributed by atoms with E-state index in [1.165, 1.54) is 81.8 Å². The molecule has 0 fully saturated rings. The highest BCUT2D eigenvalue weighted by molar-refractivity contribution is 6.29. The Morgan fingerprint density at radius 2 is 0.849 bits per heavy atom. The third-order valence-corrected chi connectivity index (χ3v) is 11.7. The maximum absolute atomic E-state index is 4.12. The Kier molecular flexibility index (Phi) is 7.54. The summed E-state index contributed by atoms with van der Waals surface area (Å²) < 4.78 is 0. The van der Waals surface area contributed by atoms with Crippen molar-refractivity contribution in [3.05, 3.63) is 188 Å². The molecule has 1 nitrogen and oxygen atoms in total. The van der Waals surface area contributed by atoms with Crippen LogP contribution in [0.1, 0.15) is 38.8 Å². The van der Waals surface area contributed by atoms with Gasteiger partial charge < -0.3 is 4.90 Å². The van der Waals surface area contributed by atoms with Gasteiger partial charge in [0.05, 0.1) is 5.69 Å². The van der Waals surface area contributed by atoms with E-state index in [1.54, 1.807) is 0 Å². The van der Waals surface area contributed by atoms with Crippen LogP contribution in [0.3, 0.4) is 0 Å². The number of hydrogen-bond acceptors (Lipinski definition) is 1. The van der Waals surface area contributed by atoms with Crippen molar-refractivity contribution < 1.29 is 0 Å². The highest BCUT2D eigenvalue weighted by atomic mass is 15.1.